The van der Waals surface area contributed by atoms with Crippen molar-refractivity contribution in [2.45, 2.75) is 52.0 Å². The molecule has 1 aliphatic carbocycles. The third kappa shape index (κ3) is 2.86. The summed E-state index contributed by atoms with van der Waals surface area (Å²) in [5, 5.41) is 3.51. The van der Waals surface area contributed by atoms with E-state index >= 15 is 0 Å². The maximum Gasteiger partial charge on any atom is 0.0419 e. The number of aryl methyl sites for hydroxylation is 1. The number of nitrogens with one attached hydrogen (secondary N) is 1. The van der Waals surface area contributed by atoms with Gasteiger partial charge in [-0.15, -0.1) is 0 Å². The van der Waals surface area contributed by atoms with E-state index in [4.69, 9.17) is 0 Å². The molecule has 1 aromatic rings. The Kier molecular flexibility index (Phi) is 3.82. The minimum absolute atomic E-state index is 0.460. The van der Waals surface area contributed by atoms with E-state index in [-0.39, 0.29) is 0 Å². The van der Waals surface area contributed by atoms with Gasteiger partial charge in [-0.3, -0.25) is 4.98 Å². The van der Waals surface area contributed by atoms with E-state index in [1.807, 2.05) is 6.20 Å². The van der Waals surface area contributed by atoms with Crippen molar-refractivity contribution >= 4 is 0 Å². The zero-order valence-electron chi connectivity index (χ0n) is 11.3. The van der Waals surface area contributed by atoms with Crippen LogP contribution in [-0.4, -0.2) is 18.1 Å². The highest BCUT2D eigenvalue weighted by Gasteiger charge is 2.36. The van der Waals surface area contributed by atoms with E-state index in [1.54, 1.807) is 0 Å². The van der Waals surface area contributed by atoms with Crippen molar-refractivity contribution < 1.29 is 0 Å². The minimum atomic E-state index is 0.460. The van der Waals surface area contributed by atoms with Crippen molar-refractivity contribution in [1.82, 2.24) is 10.3 Å². The summed E-state index contributed by atoms with van der Waals surface area (Å²) in [4.78, 5) is 4.53. The van der Waals surface area contributed by atoms with Crippen LogP contribution in [0.15, 0.2) is 18.3 Å². The van der Waals surface area contributed by atoms with Gasteiger partial charge in [-0.2, -0.15) is 0 Å². The first kappa shape index (κ1) is 12.6. The largest absolute Gasteiger partial charge is 0.316 e. The molecule has 0 spiro atoms. The van der Waals surface area contributed by atoms with Gasteiger partial charge in [0.2, 0.25) is 0 Å². The van der Waals surface area contributed by atoms with E-state index in [0.29, 0.717) is 11.5 Å². The molecule has 2 rings (SSSR count). The first-order chi connectivity index (χ1) is 8.14. The van der Waals surface area contributed by atoms with Crippen LogP contribution in [0.1, 0.15) is 43.9 Å². The standard InChI is InChI=1S/C15H24N2/c1-12-6-7-13(17-11-12)10-14(16-3)15(2)8-4-5-9-15/h6-7,11,14,16H,4-5,8-10H2,1-3H3. The van der Waals surface area contributed by atoms with Crippen molar-refractivity contribution in [2.24, 2.45) is 5.41 Å². The second-order valence-electron chi connectivity index (χ2n) is 5.73. The summed E-state index contributed by atoms with van der Waals surface area (Å²) in [7, 11) is 2.09. The monoisotopic (exact) mass is 232 g/mol. The molecule has 1 aliphatic rings. The third-order valence-corrected chi connectivity index (χ3v) is 4.32. The maximum absolute atomic E-state index is 4.53. The number of likely N-dealkylation sites (N-methyl/N-ethyl adjacent to an activating group) is 1. The van der Waals surface area contributed by atoms with Gasteiger partial charge in [-0.1, -0.05) is 25.8 Å². The van der Waals surface area contributed by atoms with E-state index in [1.165, 1.54) is 36.9 Å². The van der Waals surface area contributed by atoms with Crippen molar-refractivity contribution in [1.29, 1.82) is 0 Å². The fourth-order valence-corrected chi connectivity index (χ4v) is 3.06. The Morgan fingerprint density at radius 1 is 1.35 bits per heavy atom. The molecule has 17 heavy (non-hydrogen) atoms. The molecule has 1 aromatic heterocycles. The lowest BCUT2D eigenvalue weighted by molar-refractivity contribution is 0.228. The molecule has 2 heteroatoms. The van der Waals surface area contributed by atoms with E-state index < -0.39 is 0 Å². The Hall–Kier alpha value is -0.890. The number of rotatable bonds is 4. The van der Waals surface area contributed by atoms with Gasteiger partial charge >= 0.3 is 0 Å². The molecule has 2 nitrogen and oxygen atoms in total. The molecule has 0 aromatic carbocycles. The molecule has 0 amide bonds. The molecular weight excluding hydrogens is 208 g/mol. The smallest absolute Gasteiger partial charge is 0.0419 e. The Balaban J connectivity index is 2.06. The number of aromatic nitrogens is 1. The van der Waals surface area contributed by atoms with Gasteiger partial charge in [-0.05, 0) is 43.9 Å². The maximum atomic E-state index is 4.53. The average molecular weight is 232 g/mol. The summed E-state index contributed by atoms with van der Waals surface area (Å²) in [5.41, 5.74) is 2.91. The zero-order valence-corrected chi connectivity index (χ0v) is 11.3. The number of hydrogen-bond acceptors (Lipinski definition) is 2. The lowest BCUT2D eigenvalue weighted by atomic mass is 9.78. The average Bonchev–Trinajstić information content (AvgIpc) is 2.76. The summed E-state index contributed by atoms with van der Waals surface area (Å²) in [6, 6.07) is 4.88. The summed E-state index contributed by atoms with van der Waals surface area (Å²) in [6.45, 7) is 4.51. The molecule has 1 saturated carbocycles. The van der Waals surface area contributed by atoms with Crippen LogP contribution in [0.5, 0.6) is 0 Å². The van der Waals surface area contributed by atoms with Gasteiger partial charge in [0.15, 0.2) is 0 Å². The molecule has 0 saturated heterocycles. The SMILES string of the molecule is CNC(Cc1ccc(C)cn1)C1(C)CCCC1. The molecule has 1 unspecified atom stereocenters. The topological polar surface area (TPSA) is 24.9 Å². The van der Waals surface area contributed by atoms with Gasteiger partial charge < -0.3 is 5.32 Å². The van der Waals surface area contributed by atoms with Crippen molar-refractivity contribution in [2.75, 3.05) is 7.05 Å². The Morgan fingerprint density at radius 2 is 2.06 bits per heavy atom. The highest BCUT2D eigenvalue weighted by molar-refractivity contribution is 5.14. The Morgan fingerprint density at radius 3 is 2.59 bits per heavy atom. The van der Waals surface area contributed by atoms with Gasteiger partial charge in [0, 0.05) is 24.4 Å². The predicted molar refractivity (Wildman–Crippen MR) is 72.1 cm³/mol. The van der Waals surface area contributed by atoms with Crippen molar-refractivity contribution in [3.8, 4) is 0 Å². The summed E-state index contributed by atoms with van der Waals surface area (Å²) >= 11 is 0. The molecule has 0 aliphatic heterocycles. The summed E-state index contributed by atoms with van der Waals surface area (Å²) in [6.07, 6.45) is 8.49. The minimum Gasteiger partial charge on any atom is -0.316 e. The molecule has 1 heterocycles. The number of pyridine rings is 1. The molecule has 94 valence electrons. The highest BCUT2D eigenvalue weighted by atomic mass is 14.9. The highest BCUT2D eigenvalue weighted by Crippen LogP contribution is 2.41. The van der Waals surface area contributed by atoms with Crippen molar-refractivity contribution in [3.05, 3.63) is 29.6 Å². The van der Waals surface area contributed by atoms with Crippen LogP contribution >= 0.6 is 0 Å². The van der Waals surface area contributed by atoms with Crippen LogP contribution in [-0.2, 0) is 6.42 Å². The first-order valence-electron chi connectivity index (χ1n) is 6.73. The zero-order chi connectivity index (χ0) is 12.3. The van der Waals surface area contributed by atoms with E-state index in [2.05, 4.69) is 43.3 Å². The van der Waals surface area contributed by atoms with Gasteiger partial charge in [-0.25, -0.2) is 0 Å². The Bertz CT molecular complexity index is 350. The van der Waals surface area contributed by atoms with Crippen LogP contribution < -0.4 is 5.32 Å². The molecule has 0 radical (unpaired) electrons. The number of hydrogen-bond donors (Lipinski definition) is 1. The van der Waals surface area contributed by atoms with Crippen LogP contribution in [0.2, 0.25) is 0 Å². The fraction of sp³-hybridized carbons (Fsp3) is 0.667. The summed E-state index contributed by atoms with van der Waals surface area (Å²) in [5.74, 6) is 0. The van der Waals surface area contributed by atoms with E-state index in [9.17, 15) is 0 Å². The van der Waals surface area contributed by atoms with Gasteiger partial charge in [0.05, 0.1) is 0 Å². The molecule has 1 N–H and O–H groups in total. The van der Waals surface area contributed by atoms with Gasteiger partial charge in [0.1, 0.15) is 0 Å². The molecule has 1 fully saturated rings. The second-order valence-corrected chi connectivity index (χ2v) is 5.73. The normalized spacial score (nSPS) is 20.4. The van der Waals surface area contributed by atoms with Crippen LogP contribution in [0.3, 0.4) is 0 Å². The molecule has 0 bridgehead atoms. The lowest BCUT2D eigenvalue weighted by Gasteiger charge is -2.34. The predicted octanol–water partition coefficient (Wildman–Crippen LogP) is 3.10. The van der Waals surface area contributed by atoms with Crippen LogP contribution in [0, 0.1) is 12.3 Å². The number of nitrogens with zero attached hydrogens (tertiary/aromatic N) is 1. The quantitative estimate of drug-likeness (QED) is 0.863. The first-order valence-corrected chi connectivity index (χ1v) is 6.73. The molecule has 1 atom stereocenters. The van der Waals surface area contributed by atoms with Crippen LogP contribution in [0.25, 0.3) is 0 Å². The van der Waals surface area contributed by atoms with Gasteiger partial charge in [0.25, 0.3) is 0 Å². The fourth-order valence-electron chi connectivity index (χ4n) is 3.06. The van der Waals surface area contributed by atoms with Crippen molar-refractivity contribution in [3.63, 3.8) is 0 Å². The lowest BCUT2D eigenvalue weighted by Crippen LogP contribution is -2.42. The Labute approximate surface area is 105 Å². The summed E-state index contributed by atoms with van der Waals surface area (Å²) < 4.78 is 0. The molecular formula is C15H24N2. The van der Waals surface area contributed by atoms with Crippen LogP contribution in [0.4, 0.5) is 0 Å². The third-order valence-electron chi connectivity index (χ3n) is 4.32. The van der Waals surface area contributed by atoms with E-state index in [0.717, 1.165) is 6.42 Å². The second kappa shape index (κ2) is 5.18.